The largest absolute Gasteiger partial charge is 0.311 e. The summed E-state index contributed by atoms with van der Waals surface area (Å²) in [7, 11) is 0. The van der Waals surface area contributed by atoms with Crippen molar-refractivity contribution in [1.29, 1.82) is 0 Å². The fourth-order valence-corrected chi connectivity index (χ4v) is 2.86. The molecule has 4 atom stereocenters. The molecule has 0 spiro atoms. The summed E-state index contributed by atoms with van der Waals surface area (Å²) < 4.78 is 0. The molecular weight excluding hydrogens is 208 g/mol. The Morgan fingerprint density at radius 2 is 1.94 bits per heavy atom. The lowest BCUT2D eigenvalue weighted by molar-refractivity contribution is 0.149. The third-order valence-electron chi connectivity index (χ3n) is 4.72. The van der Waals surface area contributed by atoms with Crippen LogP contribution >= 0.6 is 0 Å². The van der Waals surface area contributed by atoms with Crippen LogP contribution in [0.15, 0.2) is 0 Å². The monoisotopic (exact) mass is 240 g/mol. The summed E-state index contributed by atoms with van der Waals surface area (Å²) in [5.41, 5.74) is 0. The van der Waals surface area contributed by atoms with Gasteiger partial charge in [0.25, 0.3) is 0 Å². The molecule has 1 rings (SSSR count). The van der Waals surface area contributed by atoms with Crippen LogP contribution in [0.1, 0.15) is 53.9 Å². The molecule has 1 heterocycles. The molecule has 2 heteroatoms. The van der Waals surface area contributed by atoms with Gasteiger partial charge >= 0.3 is 0 Å². The van der Waals surface area contributed by atoms with E-state index in [9.17, 15) is 0 Å². The summed E-state index contributed by atoms with van der Waals surface area (Å²) in [6, 6.07) is 1.31. The van der Waals surface area contributed by atoms with Crippen LogP contribution in [-0.2, 0) is 0 Å². The minimum Gasteiger partial charge on any atom is -0.311 e. The molecule has 0 amide bonds. The van der Waals surface area contributed by atoms with E-state index in [1.807, 2.05) is 0 Å². The van der Waals surface area contributed by atoms with Crippen molar-refractivity contribution in [3.05, 3.63) is 0 Å². The molecule has 0 aliphatic carbocycles. The molecular formula is C15H32N2. The van der Waals surface area contributed by atoms with E-state index in [-0.39, 0.29) is 0 Å². The van der Waals surface area contributed by atoms with E-state index < -0.39 is 0 Å². The molecule has 1 saturated heterocycles. The third-order valence-corrected chi connectivity index (χ3v) is 4.72. The number of hydrogen-bond donors (Lipinski definition) is 1. The van der Waals surface area contributed by atoms with E-state index in [1.54, 1.807) is 0 Å². The van der Waals surface area contributed by atoms with Crippen molar-refractivity contribution in [3.8, 4) is 0 Å². The summed E-state index contributed by atoms with van der Waals surface area (Å²) in [6.45, 7) is 15.4. The third kappa shape index (κ3) is 4.59. The van der Waals surface area contributed by atoms with Crippen LogP contribution in [0.3, 0.4) is 0 Å². The molecule has 1 aliphatic rings. The molecule has 4 unspecified atom stereocenters. The minimum absolute atomic E-state index is 0.645. The molecule has 2 nitrogen and oxygen atoms in total. The summed E-state index contributed by atoms with van der Waals surface area (Å²) in [5, 5.41) is 3.82. The first kappa shape index (κ1) is 15.0. The van der Waals surface area contributed by atoms with Gasteiger partial charge in [0.05, 0.1) is 0 Å². The van der Waals surface area contributed by atoms with E-state index >= 15 is 0 Å². The topological polar surface area (TPSA) is 15.3 Å². The fourth-order valence-electron chi connectivity index (χ4n) is 2.86. The van der Waals surface area contributed by atoms with Gasteiger partial charge in [0.1, 0.15) is 0 Å². The van der Waals surface area contributed by atoms with E-state index in [0.717, 1.165) is 11.8 Å². The van der Waals surface area contributed by atoms with E-state index in [2.05, 4.69) is 44.8 Å². The zero-order valence-corrected chi connectivity index (χ0v) is 12.5. The molecule has 0 bridgehead atoms. The molecule has 102 valence electrons. The van der Waals surface area contributed by atoms with Crippen molar-refractivity contribution in [1.82, 2.24) is 10.2 Å². The summed E-state index contributed by atoms with van der Waals surface area (Å²) >= 11 is 0. The predicted octanol–water partition coefficient (Wildman–Crippen LogP) is 3.13. The van der Waals surface area contributed by atoms with E-state index in [0.29, 0.717) is 12.1 Å². The van der Waals surface area contributed by atoms with E-state index in [4.69, 9.17) is 0 Å². The number of likely N-dealkylation sites (tertiary alicyclic amines) is 1. The second kappa shape index (κ2) is 7.38. The zero-order valence-electron chi connectivity index (χ0n) is 12.5. The second-order valence-corrected chi connectivity index (χ2v) is 5.93. The minimum atomic E-state index is 0.645. The van der Waals surface area contributed by atoms with Gasteiger partial charge in [-0.2, -0.15) is 0 Å². The highest BCUT2D eigenvalue weighted by Crippen LogP contribution is 2.20. The Morgan fingerprint density at radius 3 is 2.53 bits per heavy atom. The number of nitrogens with zero attached hydrogens (tertiary/aromatic N) is 1. The SMILES string of the molecule is CCC(C)C(C)NC(C)C1CCCN(CC)C1. The summed E-state index contributed by atoms with van der Waals surface area (Å²) in [6.07, 6.45) is 4.05. The Morgan fingerprint density at radius 1 is 1.24 bits per heavy atom. The first-order valence-corrected chi connectivity index (χ1v) is 7.56. The first-order valence-electron chi connectivity index (χ1n) is 7.56. The Balaban J connectivity index is 2.38. The van der Waals surface area contributed by atoms with Crippen LogP contribution in [0.2, 0.25) is 0 Å². The zero-order chi connectivity index (χ0) is 12.8. The summed E-state index contributed by atoms with van der Waals surface area (Å²) in [4.78, 5) is 2.60. The molecule has 0 aromatic rings. The second-order valence-electron chi connectivity index (χ2n) is 5.93. The van der Waals surface area contributed by atoms with Crippen molar-refractivity contribution >= 4 is 0 Å². The van der Waals surface area contributed by atoms with Gasteiger partial charge < -0.3 is 10.2 Å². The van der Waals surface area contributed by atoms with Crippen LogP contribution in [0.4, 0.5) is 0 Å². The van der Waals surface area contributed by atoms with Gasteiger partial charge in [-0.15, -0.1) is 0 Å². The van der Waals surface area contributed by atoms with Crippen LogP contribution in [0.5, 0.6) is 0 Å². The molecule has 1 aliphatic heterocycles. The van der Waals surface area contributed by atoms with Crippen molar-refractivity contribution in [2.24, 2.45) is 11.8 Å². The number of nitrogens with one attached hydrogen (secondary N) is 1. The Bertz CT molecular complexity index is 205. The quantitative estimate of drug-likeness (QED) is 0.767. The lowest BCUT2D eigenvalue weighted by Gasteiger charge is -2.37. The highest BCUT2D eigenvalue weighted by Gasteiger charge is 2.25. The van der Waals surface area contributed by atoms with Crippen LogP contribution < -0.4 is 5.32 Å². The highest BCUT2D eigenvalue weighted by molar-refractivity contribution is 4.82. The van der Waals surface area contributed by atoms with Crippen molar-refractivity contribution < 1.29 is 0 Å². The average Bonchev–Trinajstić information content (AvgIpc) is 2.37. The van der Waals surface area contributed by atoms with Gasteiger partial charge in [-0.25, -0.2) is 0 Å². The standard InChI is InChI=1S/C15H32N2/c1-6-12(3)13(4)16-14(5)15-9-8-10-17(7-2)11-15/h12-16H,6-11H2,1-5H3. The Kier molecular flexibility index (Phi) is 6.50. The number of piperidine rings is 1. The fraction of sp³-hybridized carbons (Fsp3) is 1.00. The molecule has 0 aromatic heterocycles. The van der Waals surface area contributed by atoms with Crippen molar-refractivity contribution in [2.75, 3.05) is 19.6 Å². The van der Waals surface area contributed by atoms with Gasteiger partial charge in [-0.05, 0) is 51.6 Å². The Hall–Kier alpha value is -0.0800. The Labute approximate surface area is 108 Å². The van der Waals surface area contributed by atoms with Gasteiger partial charge in [0.15, 0.2) is 0 Å². The molecule has 0 aromatic carbocycles. The molecule has 1 fully saturated rings. The van der Waals surface area contributed by atoms with Crippen molar-refractivity contribution in [2.45, 2.75) is 66.0 Å². The molecule has 0 saturated carbocycles. The smallest absolute Gasteiger partial charge is 0.00818 e. The average molecular weight is 240 g/mol. The van der Waals surface area contributed by atoms with E-state index in [1.165, 1.54) is 38.9 Å². The first-order chi connectivity index (χ1) is 8.08. The number of rotatable bonds is 6. The molecule has 0 radical (unpaired) electrons. The maximum atomic E-state index is 3.82. The van der Waals surface area contributed by atoms with Crippen LogP contribution in [0.25, 0.3) is 0 Å². The van der Waals surface area contributed by atoms with Crippen LogP contribution in [0, 0.1) is 11.8 Å². The maximum absolute atomic E-state index is 3.82. The summed E-state index contributed by atoms with van der Waals surface area (Å²) in [5.74, 6) is 1.62. The predicted molar refractivity (Wildman–Crippen MR) is 76.4 cm³/mol. The maximum Gasteiger partial charge on any atom is 0.00818 e. The van der Waals surface area contributed by atoms with Gasteiger partial charge in [0, 0.05) is 18.6 Å². The van der Waals surface area contributed by atoms with Crippen molar-refractivity contribution in [3.63, 3.8) is 0 Å². The van der Waals surface area contributed by atoms with Gasteiger partial charge in [0.2, 0.25) is 0 Å². The van der Waals surface area contributed by atoms with Crippen LogP contribution in [-0.4, -0.2) is 36.6 Å². The lowest BCUT2D eigenvalue weighted by atomic mass is 9.90. The molecule has 17 heavy (non-hydrogen) atoms. The number of hydrogen-bond acceptors (Lipinski definition) is 2. The normalized spacial score (nSPS) is 27.7. The highest BCUT2D eigenvalue weighted by atomic mass is 15.1. The lowest BCUT2D eigenvalue weighted by Crippen LogP contribution is -2.48. The van der Waals surface area contributed by atoms with Gasteiger partial charge in [-0.3, -0.25) is 0 Å². The molecule has 1 N–H and O–H groups in total. The van der Waals surface area contributed by atoms with Gasteiger partial charge in [-0.1, -0.05) is 27.2 Å².